The van der Waals surface area contributed by atoms with E-state index in [0.717, 1.165) is 0 Å². The Morgan fingerprint density at radius 2 is 2.50 bits per heavy atom. The molecule has 0 amide bonds. The SMILES string of the molecule is COC(=O)C1(Cl)C=CN=C(Cl)C1. The summed E-state index contributed by atoms with van der Waals surface area (Å²) in [5, 5.41) is 0.304. The number of aliphatic imine (C=N–C) groups is 1. The fourth-order valence-corrected chi connectivity index (χ4v) is 1.46. The Hall–Kier alpha value is -0.540. The molecule has 3 nitrogen and oxygen atoms in total. The fraction of sp³-hybridized carbons (Fsp3) is 0.429. The van der Waals surface area contributed by atoms with Crippen molar-refractivity contribution in [3.05, 3.63) is 12.3 Å². The number of methoxy groups -OCH3 is 1. The van der Waals surface area contributed by atoms with Crippen LogP contribution in [0.25, 0.3) is 0 Å². The standard InChI is InChI=1S/C7H7Cl2NO2/c1-12-6(11)7(9)2-3-10-5(8)4-7/h2-3H,4H2,1H3. The Kier molecular flexibility index (Phi) is 2.75. The Morgan fingerprint density at radius 1 is 1.83 bits per heavy atom. The van der Waals surface area contributed by atoms with E-state index < -0.39 is 10.8 Å². The van der Waals surface area contributed by atoms with E-state index in [9.17, 15) is 4.79 Å². The van der Waals surface area contributed by atoms with E-state index in [-0.39, 0.29) is 6.42 Å². The molecule has 12 heavy (non-hydrogen) atoms. The molecule has 0 aromatic rings. The highest BCUT2D eigenvalue weighted by molar-refractivity contribution is 6.66. The van der Waals surface area contributed by atoms with Gasteiger partial charge in [-0.2, -0.15) is 0 Å². The number of hydrogen-bond donors (Lipinski definition) is 0. The summed E-state index contributed by atoms with van der Waals surface area (Å²) in [6.07, 6.45) is 3.04. The van der Waals surface area contributed by atoms with Crippen LogP contribution in [0.3, 0.4) is 0 Å². The van der Waals surface area contributed by atoms with Crippen LogP contribution in [0.1, 0.15) is 6.42 Å². The van der Waals surface area contributed by atoms with Crippen LogP contribution in [0, 0.1) is 0 Å². The predicted molar refractivity (Wildman–Crippen MR) is 47.6 cm³/mol. The topological polar surface area (TPSA) is 38.7 Å². The largest absolute Gasteiger partial charge is 0.467 e. The molecule has 0 aromatic heterocycles. The van der Waals surface area contributed by atoms with Crippen LogP contribution in [0.2, 0.25) is 0 Å². The molecule has 0 aliphatic carbocycles. The molecule has 1 unspecified atom stereocenters. The predicted octanol–water partition coefficient (Wildman–Crippen LogP) is 1.69. The van der Waals surface area contributed by atoms with E-state index in [4.69, 9.17) is 23.2 Å². The second-order valence-corrected chi connectivity index (χ2v) is 3.46. The summed E-state index contributed by atoms with van der Waals surface area (Å²) < 4.78 is 4.51. The number of esters is 1. The van der Waals surface area contributed by atoms with Gasteiger partial charge in [0.05, 0.1) is 7.11 Å². The zero-order valence-electron chi connectivity index (χ0n) is 6.38. The maximum atomic E-state index is 11.1. The van der Waals surface area contributed by atoms with E-state index in [0.29, 0.717) is 5.17 Å². The van der Waals surface area contributed by atoms with Crippen LogP contribution in [-0.4, -0.2) is 23.1 Å². The number of nitrogens with zero attached hydrogens (tertiary/aromatic N) is 1. The lowest BCUT2D eigenvalue weighted by Gasteiger charge is -2.20. The van der Waals surface area contributed by atoms with Gasteiger partial charge in [-0.15, -0.1) is 11.6 Å². The second kappa shape index (κ2) is 3.46. The van der Waals surface area contributed by atoms with Gasteiger partial charge < -0.3 is 4.74 Å². The summed E-state index contributed by atoms with van der Waals surface area (Å²) in [6, 6.07) is 0. The normalized spacial score (nSPS) is 28.1. The lowest BCUT2D eigenvalue weighted by atomic mass is 10.0. The average molecular weight is 208 g/mol. The highest BCUT2D eigenvalue weighted by Gasteiger charge is 2.37. The molecule has 0 N–H and O–H groups in total. The number of hydrogen-bond acceptors (Lipinski definition) is 3. The first-order valence-electron chi connectivity index (χ1n) is 3.26. The van der Waals surface area contributed by atoms with Gasteiger partial charge >= 0.3 is 5.97 Å². The maximum absolute atomic E-state index is 11.1. The molecule has 1 rings (SSSR count). The van der Waals surface area contributed by atoms with E-state index in [1.54, 1.807) is 0 Å². The fourth-order valence-electron chi connectivity index (χ4n) is 0.863. The summed E-state index contributed by atoms with van der Waals surface area (Å²) in [4.78, 5) is 13.7. The highest BCUT2D eigenvalue weighted by atomic mass is 35.5. The third kappa shape index (κ3) is 1.79. The van der Waals surface area contributed by atoms with Crippen molar-refractivity contribution in [2.45, 2.75) is 11.3 Å². The number of carbonyl (C=O) groups excluding carboxylic acids is 1. The van der Waals surface area contributed by atoms with Crippen LogP contribution < -0.4 is 0 Å². The lowest BCUT2D eigenvalue weighted by molar-refractivity contribution is -0.142. The van der Waals surface area contributed by atoms with Gasteiger partial charge in [-0.3, -0.25) is 0 Å². The lowest BCUT2D eigenvalue weighted by Crippen LogP contribution is -2.34. The third-order valence-corrected chi connectivity index (χ3v) is 2.13. The Balaban J connectivity index is 2.82. The summed E-state index contributed by atoms with van der Waals surface area (Å²) >= 11 is 11.5. The number of alkyl halides is 1. The number of ether oxygens (including phenoxy) is 1. The molecule has 0 fully saturated rings. The minimum absolute atomic E-state index is 0.180. The average Bonchev–Trinajstić information content (AvgIpc) is 2.02. The van der Waals surface area contributed by atoms with Gasteiger partial charge in [0, 0.05) is 12.6 Å². The molecule has 0 radical (unpaired) electrons. The molecule has 1 heterocycles. The molecule has 0 saturated carbocycles. The maximum Gasteiger partial charge on any atom is 0.331 e. The third-order valence-electron chi connectivity index (χ3n) is 1.48. The molecule has 5 heteroatoms. The zero-order valence-corrected chi connectivity index (χ0v) is 7.89. The minimum atomic E-state index is -1.17. The molecule has 66 valence electrons. The van der Waals surface area contributed by atoms with E-state index in [2.05, 4.69) is 9.73 Å². The van der Waals surface area contributed by atoms with Crippen LogP contribution in [-0.2, 0) is 9.53 Å². The van der Waals surface area contributed by atoms with Crippen molar-refractivity contribution in [1.29, 1.82) is 0 Å². The van der Waals surface area contributed by atoms with Gasteiger partial charge in [0.2, 0.25) is 0 Å². The van der Waals surface area contributed by atoms with Crippen molar-refractivity contribution in [2.24, 2.45) is 4.99 Å². The highest BCUT2D eigenvalue weighted by Crippen LogP contribution is 2.28. The summed E-state index contributed by atoms with van der Waals surface area (Å²) in [6.45, 7) is 0. The van der Waals surface area contributed by atoms with Gasteiger partial charge in [0.25, 0.3) is 0 Å². The van der Waals surface area contributed by atoms with E-state index >= 15 is 0 Å². The van der Waals surface area contributed by atoms with Crippen molar-refractivity contribution < 1.29 is 9.53 Å². The Morgan fingerprint density at radius 3 is 3.00 bits per heavy atom. The molecular weight excluding hydrogens is 201 g/mol. The second-order valence-electron chi connectivity index (χ2n) is 2.35. The molecule has 0 saturated heterocycles. The smallest absolute Gasteiger partial charge is 0.331 e. The number of halogens is 2. The van der Waals surface area contributed by atoms with Crippen molar-refractivity contribution >= 4 is 34.3 Å². The minimum Gasteiger partial charge on any atom is -0.467 e. The summed E-state index contributed by atoms with van der Waals surface area (Å²) in [7, 11) is 1.28. The Bertz CT molecular complexity index is 262. The first kappa shape index (κ1) is 9.55. The molecule has 0 spiro atoms. The van der Waals surface area contributed by atoms with Crippen molar-refractivity contribution in [1.82, 2.24) is 0 Å². The molecule has 1 aliphatic heterocycles. The zero-order chi connectivity index (χ0) is 9.19. The summed E-state index contributed by atoms with van der Waals surface area (Å²) in [5.74, 6) is -0.520. The quantitative estimate of drug-likeness (QED) is 0.485. The van der Waals surface area contributed by atoms with E-state index in [1.807, 2.05) is 0 Å². The molecule has 1 aliphatic rings. The van der Waals surface area contributed by atoms with Gasteiger partial charge in [0.15, 0.2) is 4.87 Å². The first-order chi connectivity index (χ1) is 5.58. The van der Waals surface area contributed by atoms with Gasteiger partial charge in [0.1, 0.15) is 5.17 Å². The Labute approximate surface area is 80.0 Å². The van der Waals surface area contributed by atoms with Crippen molar-refractivity contribution in [3.8, 4) is 0 Å². The number of carbonyl (C=O) groups is 1. The van der Waals surface area contributed by atoms with Crippen molar-refractivity contribution in [3.63, 3.8) is 0 Å². The van der Waals surface area contributed by atoms with Crippen LogP contribution >= 0.6 is 23.2 Å². The summed E-state index contributed by atoms with van der Waals surface area (Å²) in [5.41, 5.74) is 0. The number of rotatable bonds is 1. The molecule has 1 atom stereocenters. The van der Waals surface area contributed by atoms with Crippen molar-refractivity contribution in [2.75, 3.05) is 7.11 Å². The molecule has 0 bridgehead atoms. The molecule has 0 aromatic carbocycles. The molecular formula is C7H7Cl2NO2. The van der Waals surface area contributed by atoms with E-state index in [1.165, 1.54) is 19.4 Å². The monoisotopic (exact) mass is 207 g/mol. The first-order valence-corrected chi connectivity index (χ1v) is 4.01. The van der Waals surface area contributed by atoms with Crippen LogP contribution in [0.5, 0.6) is 0 Å². The van der Waals surface area contributed by atoms with Gasteiger partial charge in [-0.05, 0) is 6.08 Å². The van der Waals surface area contributed by atoms with Gasteiger partial charge in [-0.25, -0.2) is 9.79 Å². The van der Waals surface area contributed by atoms with Crippen LogP contribution in [0.4, 0.5) is 0 Å². The van der Waals surface area contributed by atoms with Crippen LogP contribution in [0.15, 0.2) is 17.3 Å². The van der Waals surface area contributed by atoms with Gasteiger partial charge in [-0.1, -0.05) is 11.6 Å².